The van der Waals surface area contributed by atoms with Crippen LogP contribution in [0.2, 0.25) is 5.02 Å². The van der Waals surface area contributed by atoms with Crippen molar-refractivity contribution in [1.82, 2.24) is 0 Å². The molecule has 96 valence electrons. The second-order valence-corrected chi connectivity index (χ2v) is 4.94. The molecule has 2 nitrogen and oxygen atoms in total. The molecule has 0 amide bonds. The van der Waals surface area contributed by atoms with Gasteiger partial charge in [-0.1, -0.05) is 11.6 Å². The smallest absolute Gasteiger partial charge is 0.151 e. The first-order chi connectivity index (χ1) is 9.01. The van der Waals surface area contributed by atoms with Crippen LogP contribution in [0.25, 0.3) is 0 Å². The number of benzene rings is 2. The van der Waals surface area contributed by atoms with E-state index in [2.05, 4.69) is 21.2 Å². The fourth-order valence-electron chi connectivity index (χ4n) is 1.48. The number of nitrogens with one attached hydrogen (secondary N) is 1. The van der Waals surface area contributed by atoms with Crippen LogP contribution in [0.1, 0.15) is 5.56 Å². The second kappa shape index (κ2) is 5.55. The van der Waals surface area contributed by atoms with Crippen molar-refractivity contribution in [2.24, 2.45) is 0 Å². The third-order valence-electron chi connectivity index (χ3n) is 2.36. The molecule has 0 aliphatic carbocycles. The van der Waals surface area contributed by atoms with Gasteiger partial charge in [-0.2, -0.15) is 5.26 Å². The van der Waals surface area contributed by atoms with Crippen LogP contribution in [0.15, 0.2) is 34.8 Å². The maximum Gasteiger partial charge on any atom is 0.151 e. The zero-order chi connectivity index (χ0) is 14.0. The van der Waals surface area contributed by atoms with Gasteiger partial charge in [0.2, 0.25) is 0 Å². The first kappa shape index (κ1) is 13.8. The minimum absolute atomic E-state index is 0.0199. The zero-order valence-corrected chi connectivity index (χ0v) is 11.7. The number of rotatable bonds is 2. The molecule has 0 bridgehead atoms. The number of halogens is 4. The van der Waals surface area contributed by atoms with Gasteiger partial charge >= 0.3 is 0 Å². The van der Waals surface area contributed by atoms with Crippen molar-refractivity contribution in [1.29, 1.82) is 5.26 Å². The molecule has 6 heteroatoms. The monoisotopic (exact) mass is 342 g/mol. The fraction of sp³-hybridized carbons (Fsp3) is 0. The molecular weight excluding hydrogens is 338 g/mol. The first-order valence-electron chi connectivity index (χ1n) is 5.12. The van der Waals surface area contributed by atoms with E-state index in [0.29, 0.717) is 15.7 Å². The van der Waals surface area contributed by atoms with E-state index in [0.717, 1.165) is 12.1 Å². The van der Waals surface area contributed by atoms with E-state index in [9.17, 15) is 8.78 Å². The molecule has 0 fully saturated rings. The van der Waals surface area contributed by atoms with E-state index in [1.807, 2.05) is 6.07 Å². The van der Waals surface area contributed by atoms with Gasteiger partial charge < -0.3 is 5.32 Å². The second-order valence-electron chi connectivity index (χ2n) is 3.68. The molecule has 0 unspecified atom stereocenters. The summed E-state index contributed by atoms with van der Waals surface area (Å²) in [5.41, 5.74) is 0.961. The normalized spacial score (nSPS) is 10.1. The Morgan fingerprint density at radius 1 is 1.21 bits per heavy atom. The standard InChI is InChI=1S/C13H6BrClF2N2/c14-9-3-7(6-18)1-2-12(9)19-13-10(15)4-8(16)5-11(13)17/h1-5,19H. The van der Waals surface area contributed by atoms with Crippen molar-refractivity contribution in [3.8, 4) is 6.07 Å². The zero-order valence-electron chi connectivity index (χ0n) is 9.35. The summed E-state index contributed by atoms with van der Waals surface area (Å²) in [6, 6.07) is 8.49. The SMILES string of the molecule is N#Cc1ccc(Nc2c(F)cc(F)cc2Cl)c(Br)c1. The van der Waals surface area contributed by atoms with Crippen molar-refractivity contribution >= 4 is 38.9 Å². The minimum Gasteiger partial charge on any atom is -0.351 e. The van der Waals surface area contributed by atoms with Crippen LogP contribution in [-0.2, 0) is 0 Å². The van der Waals surface area contributed by atoms with Gasteiger partial charge in [-0.3, -0.25) is 0 Å². The molecule has 0 atom stereocenters. The molecule has 0 aliphatic heterocycles. The van der Waals surface area contributed by atoms with Gasteiger partial charge in [-0.15, -0.1) is 0 Å². The molecule has 0 aliphatic rings. The topological polar surface area (TPSA) is 35.8 Å². The summed E-state index contributed by atoms with van der Waals surface area (Å²) in [7, 11) is 0. The van der Waals surface area contributed by atoms with Gasteiger partial charge in [0.1, 0.15) is 5.82 Å². The van der Waals surface area contributed by atoms with E-state index >= 15 is 0 Å². The molecule has 0 aromatic heterocycles. The molecule has 2 aromatic carbocycles. The minimum atomic E-state index is -0.791. The largest absolute Gasteiger partial charge is 0.351 e. The van der Waals surface area contributed by atoms with Gasteiger partial charge in [0.05, 0.1) is 28.0 Å². The molecule has 0 heterocycles. The number of hydrogen-bond acceptors (Lipinski definition) is 2. The van der Waals surface area contributed by atoms with E-state index in [1.165, 1.54) is 0 Å². The van der Waals surface area contributed by atoms with Crippen molar-refractivity contribution in [3.63, 3.8) is 0 Å². The molecule has 0 saturated carbocycles. The Kier molecular flexibility index (Phi) is 4.03. The highest BCUT2D eigenvalue weighted by molar-refractivity contribution is 9.10. The summed E-state index contributed by atoms with van der Waals surface area (Å²) in [5, 5.41) is 11.4. The molecule has 2 rings (SSSR count). The molecular formula is C13H6BrClF2N2. The number of anilines is 2. The van der Waals surface area contributed by atoms with E-state index in [1.54, 1.807) is 18.2 Å². The van der Waals surface area contributed by atoms with Gasteiger partial charge in [0.15, 0.2) is 5.82 Å². The molecule has 2 aromatic rings. The lowest BCUT2D eigenvalue weighted by Crippen LogP contribution is -1.97. The quantitative estimate of drug-likeness (QED) is 0.833. The third kappa shape index (κ3) is 3.03. The van der Waals surface area contributed by atoms with E-state index in [-0.39, 0.29) is 10.7 Å². The Bertz CT molecular complexity index is 660. The predicted molar refractivity (Wildman–Crippen MR) is 73.5 cm³/mol. The van der Waals surface area contributed by atoms with Crippen LogP contribution in [0.5, 0.6) is 0 Å². The molecule has 1 N–H and O–H groups in total. The maximum atomic E-state index is 13.6. The Labute approximate surface area is 121 Å². The van der Waals surface area contributed by atoms with Gasteiger partial charge in [0, 0.05) is 10.5 Å². The fourth-order valence-corrected chi connectivity index (χ4v) is 2.20. The van der Waals surface area contributed by atoms with Crippen LogP contribution < -0.4 is 5.32 Å². The Morgan fingerprint density at radius 3 is 2.53 bits per heavy atom. The maximum absolute atomic E-state index is 13.6. The van der Waals surface area contributed by atoms with Crippen LogP contribution in [0.3, 0.4) is 0 Å². The Balaban J connectivity index is 2.40. The van der Waals surface area contributed by atoms with Crippen molar-refractivity contribution < 1.29 is 8.78 Å². The summed E-state index contributed by atoms with van der Waals surface area (Å²) in [6.07, 6.45) is 0. The predicted octanol–water partition coefficient (Wildman–Crippen LogP) is 5.00. The lowest BCUT2D eigenvalue weighted by atomic mass is 10.2. The Morgan fingerprint density at radius 2 is 1.95 bits per heavy atom. The van der Waals surface area contributed by atoms with Crippen LogP contribution >= 0.6 is 27.5 Å². The summed E-state index contributed by atoms with van der Waals surface area (Å²) in [4.78, 5) is 0. The van der Waals surface area contributed by atoms with Crippen molar-refractivity contribution in [3.05, 3.63) is 57.0 Å². The van der Waals surface area contributed by atoms with Gasteiger partial charge in [0.25, 0.3) is 0 Å². The van der Waals surface area contributed by atoms with Crippen LogP contribution in [0, 0.1) is 23.0 Å². The average molecular weight is 344 g/mol. The number of hydrogen-bond donors (Lipinski definition) is 1. The van der Waals surface area contributed by atoms with E-state index in [4.69, 9.17) is 16.9 Å². The van der Waals surface area contributed by atoms with E-state index < -0.39 is 11.6 Å². The Hall–Kier alpha value is -1.64. The number of nitriles is 1. The summed E-state index contributed by atoms with van der Waals surface area (Å²) in [5.74, 6) is -1.53. The van der Waals surface area contributed by atoms with Crippen molar-refractivity contribution in [2.75, 3.05) is 5.32 Å². The van der Waals surface area contributed by atoms with Crippen molar-refractivity contribution in [2.45, 2.75) is 0 Å². The molecule has 0 saturated heterocycles. The first-order valence-corrected chi connectivity index (χ1v) is 6.29. The van der Waals surface area contributed by atoms with Crippen LogP contribution in [0.4, 0.5) is 20.2 Å². The van der Waals surface area contributed by atoms with Gasteiger partial charge in [-0.25, -0.2) is 8.78 Å². The highest BCUT2D eigenvalue weighted by atomic mass is 79.9. The summed E-state index contributed by atoms with van der Waals surface area (Å²) in [6.45, 7) is 0. The number of nitrogens with zero attached hydrogens (tertiary/aromatic N) is 1. The van der Waals surface area contributed by atoms with Gasteiger partial charge in [-0.05, 0) is 40.2 Å². The lowest BCUT2D eigenvalue weighted by Gasteiger charge is -2.11. The highest BCUT2D eigenvalue weighted by Gasteiger charge is 2.11. The van der Waals surface area contributed by atoms with Crippen LogP contribution in [-0.4, -0.2) is 0 Å². The molecule has 19 heavy (non-hydrogen) atoms. The molecule has 0 radical (unpaired) electrons. The highest BCUT2D eigenvalue weighted by Crippen LogP contribution is 2.32. The summed E-state index contributed by atoms with van der Waals surface area (Å²) < 4.78 is 27.1. The third-order valence-corrected chi connectivity index (χ3v) is 3.32. The summed E-state index contributed by atoms with van der Waals surface area (Å²) >= 11 is 9.04. The molecule has 0 spiro atoms. The average Bonchev–Trinajstić information content (AvgIpc) is 2.35. The lowest BCUT2D eigenvalue weighted by molar-refractivity contribution is 0.586.